The molecule has 2 rings (SSSR count). The van der Waals surface area contributed by atoms with E-state index < -0.39 is 0 Å². The molecule has 0 aliphatic carbocycles. The molecular weight excluding hydrogens is 200 g/mol. The fraction of sp³-hybridized carbons (Fsp3) is 0.308. The molecular formula is C13H16N2O. The minimum atomic E-state index is 0.596. The Morgan fingerprint density at radius 2 is 2.06 bits per heavy atom. The molecule has 0 saturated heterocycles. The first-order valence-electron chi connectivity index (χ1n) is 5.44. The molecule has 16 heavy (non-hydrogen) atoms. The van der Waals surface area contributed by atoms with E-state index in [0.29, 0.717) is 6.54 Å². The van der Waals surface area contributed by atoms with Crippen LogP contribution in [0.5, 0.6) is 0 Å². The van der Waals surface area contributed by atoms with Gasteiger partial charge in [-0.3, -0.25) is 0 Å². The summed E-state index contributed by atoms with van der Waals surface area (Å²) >= 11 is 0. The molecule has 0 spiro atoms. The highest BCUT2D eigenvalue weighted by atomic mass is 16.5. The van der Waals surface area contributed by atoms with Gasteiger partial charge >= 0.3 is 0 Å². The zero-order valence-corrected chi connectivity index (χ0v) is 9.66. The van der Waals surface area contributed by atoms with Gasteiger partial charge in [-0.05, 0) is 32.0 Å². The van der Waals surface area contributed by atoms with Crippen molar-refractivity contribution in [1.29, 1.82) is 0 Å². The van der Waals surface area contributed by atoms with E-state index in [4.69, 9.17) is 10.3 Å². The average Bonchev–Trinajstić information content (AvgIpc) is 2.71. The van der Waals surface area contributed by atoms with Crippen LogP contribution in [0.15, 0.2) is 28.8 Å². The average molecular weight is 216 g/mol. The van der Waals surface area contributed by atoms with Crippen molar-refractivity contribution in [3.05, 3.63) is 41.1 Å². The lowest BCUT2D eigenvalue weighted by atomic mass is 10.0. The first-order chi connectivity index (χ1) is 7.70. The zero-order chi connectivity index (χ0) is 11.5. The monoisotopic (exact) mass is 216 g/mol. The predicted molar refractivity (Wildman–Crippen MR) is 64.2 cm³/mol. The van der Waals surface area contributed by atoms with E-state index in [1.807, 2.05) is 6.07 Å². The summed E-state index contributed by atoms with van der Waals surface area (Å²) in [5, 5.41) is 4.00. The van der Waals surface area contributed by atoms with Crippen LogP contribution in [0.4, 0.5) is 0 Å². The van der Waals surface area contributed by atoms with Gasteiger partial charge in [-0.2, -0.15) is 0 Å². The molecule has 0 amide bonds. The van der Waals surface area contributed by atoms with Crippen LogP contribution < -0.4 is 5.73 Å². The summed E-state index contributed by atoms with van der Waals surface area (Å²) in [7, 11) is 0. The van der Waals surface area contributed by atoms with Crippen molar-refractivity contribution in [2.75, 3.05) is 6.54 Å². The molecule has 1 aromatic carbocycles. The third-order valence-corrected chi connectivity index (χ3v) is 2.62. The second-order valence-electron chi connectivity index (χ2n) is 4.04. The molecule has 0 atom stereocenters. The maximum absolute atomic E-state index is 5.48. The van der Waals surface area contributed by atoms with Gasteiger partial charge in [0.15, 0.2) is 5.76 Å². The number of benzene rings is 1. The fourth-order valence-corrected chi connectivity index (χ4v) is 1.71. The number of nitrogens with zero attached hydrogens (tertiary/aromatic N) is 1. The normalized spacial score (nSPS) is 10.7. The van der Waals surface area contributed by atoms with E-state index in [9.17, 15) is 0 Å². The smallest absolute Gasteiger partial charge is 0.167 e. The molecule has 0 radical (unpaired) electrons. The van der Waals surface area contributed by atoms with Gasteiger partial charge in [0.05, 0.1) is 5.69 Å². The lowest BCUT2D eigenvalue weighted by molar-refractivity contribution is 0.423. The number of aryl methyl sites for hydroxylation is 2. The van der Waals surface area contributed by atoms with Crippen LogP contribution in [0, 0.1) is 13.8 Å². The quantitative estimate of drug-likeness (QED) is 0.857. The number of hydrogen-bond acceptors (Lipinski definition) is 3. The Balaban J connectivity index is 2.38. The molecule has 0 fully saturated rings. The van der Waals surface area contributed by atoms with Crippen LogP contribution in [0.2, 0.25) is 0 Å². The van der Waals surface area contributed by atoms with Crippen molar-refractivity contribution in [2.45, 2.75) is 20.3 Å². The van der Waals surface area contributed by atoms with Gasteiger partial charge in [0, 0.05) is 18.1 Å². The number of rotatable bonds is 3. The molecule has 0 saturated carbocycles. The zero-order valence-electron chi connectivity index (χ0n) is 9.66. The standard InChI is InChI=1S/C13H16N2O/c1-9-3-4-10(2)12(7-9)13-8-11(5-6-14)15-16-13/h3-4,7-8H,5-6,14H2,1-2H3. The molecule has 3 heteroatoms. The molecule has 0 aliphatic rings. The summed E-state index contributed by atoms with van der Waals surface area (Å²) in [6.07, 6.45) is 0.758. The Kier molecular flexibility index (Phi) is 3.06. The SMILES string of the molecule is Cc1ccc(C)c(-c2cc(CCN)no2)c1. The molecule has 84 valence electrons. The minimum absolute atomic E-state index is 0.596. The second-order valence-corrected chi connectivity index (χ2v) is 4.04. The Morgan fingerprint density at radius 1 is 1.25 bits per heavy atom. The van der Waals surface area contributed by atoms with Gasteiger partial charge in [0.1, 0.15) is 0 Å². The predicted octanol–water partition coefficient (Wildman–Crippen LogP) is 2.46. The van der Waals surface area contributed by atoms with Crippen LogP contribution in [-0.4, -0.2) is 11.7 Å². The molecule has 2 aromatic rings. The highest BCUT2D eigenvalue weighted by Crippen LogP contribution is 2.25. The Bertz CT molecular complexity index is 488. The summed E-state index contributed by atoms with van der Waals surface area (Å²) in [4.78, 5) is 0. The molecule has 2 N–H and O–H groups in total. The van der Waals surface area contributed by atoms with Crippen LogP contribution in [-0.2, 0) is 6.42 Å². The summed E-state index contributed by atoms with van der Waals surface area (Å²) in [5.41, 5.74) is 9.92. The molecule has 0 bridgehead atoms. The van der Waals surface area contributed by atoms with Gasteiger partial charge in [-0.25, -0.2) is 0 Å². The largest absolute Gasteiger partial charge is 0.356 e. The topological polar surface area (TPSA) is 52.0 Å². The van der Waals surface area contributed by atoms with Gasteiger partial charge in [-0.15, -0.1) is 0 Å². The van der Waals surface area contributed by atoms with Crippen LogP contribution in [0.25, 0.3) is 11.3 Å². The van der Waals surface area contributed by atoms with Gasteiger partial charge in [0.2, 0.25) is 0 Å². The Morgan fingerprint density at radius 3 is 2.81 bits per heavy atom. The summed E-state index contributed by atoms with van der Waals surface area (Å²) in [6, 6.07) is 8.27. The van der Waals surface area contributed by atoms with E-state index in [1.54, 1.807) is 0 Å². The summed E-state index contributed by atoms with van der Waals surface area (Å²) in [6.45, 7) is 4.73. The lowest BCUT2D eigenvalue weighted by Crippen LogP contribution is -2.02. The first kappa shape index (κ1) is 10.9. The molecule has 0 aliphatic heterocycles. The van der Waals surface area contributed by atoms with Gasteiger partial charge in [-0.1, -0.05) is 22.9 Å². The van der Waals surface area contributed by atoms with Crippen molar-refractivity contribution >= 4 is 0 Å². The van der Waals surface area contributed by atoms with Crippen LogP contribution in [0.3, 0.4) is 0 Å². The maximum atomic E-state index is 5.48. The van der Waals surface area contributed by atoms with Crippen LogP contribution in [0.1, 0.15) is 16.8 Å². The number of nitrogens with two attached hydrogens (primary N) is 1. The summed E-state index contributed by atoms with van der Waals surface area (Å²) < 4.78 is 5.33. The van der Waals surface area contributed by atoms with Crippen molar-refractivity contribution < 1.29 is 4.52 Å². The van der Waals surface area contributed by atoms with E-state index in [-0.39, 0.29) is 0 Å². The number of hydrogen-bond donors (Lipinski definition) is 1. The van der Waals surface area contributed by atoms with Gasteiger partial charge in [0.25, 0.3) is 0 Å². The second kappa shape index (κ2) is 4.49. The molecule has 0 unspecified atom stereocenters. The molecule has 1 heterocycles. The molecule has 1 aromatic heterocycles. The number of aromatic nitrogens is 1. The van der Waals surface area contributed by atoms with E-state index >= 15 is 0 Å². The van der Waals surface area contributed by atoms with Crippen molar-refractivity contribution in [3.8, 4) is 11.3 Å². The van der Waals surface area contributed by atoms with E-state index in [0.717, 1.165) is 23.4 Å². The highest BCUT2D eigenvalue weighted by Gasteiger charge is 2.08. The lowest BCUT2D eigenvalue weighted by Gasteiger charge is -2.02. The third kappa shape index (κ3) is 2.14. The van der Waals surface area contributed by atoms with Crippen molar-refractivity contribution in [2.24, 2.45) is 5.73 Å². The maximum Gasteiger partial charge on any atom is 0.167 e. The third-order valence-electron chi connectivity index (χ3n) is 2.62. The first-order valence-corrected chi connectivity index (χ1v) is 5.44. The Labute approximate surface area is 95.3 Å². The van der Waals surface area contributed by atoms with Crippen LogP contribution >= 0.6 is 0 Å². The minimum Gasteiger partial charge on any atom is -0.356 e. The van der Waals surface area contributed by atoms with Crippen molar-refractivity contribution in [3.63, 3.8) is 0 Å². The molecule has 3 nitrogen and oxygen atoms in total. The summed E-state index contributed by atoms with van der Waals surface area (Å²) in [5.74, 6) is 0.824. The Hall–Kier alpha value is -1.61. The van der Waals surface area contributed by atoms with E-state index in [1.165, 1.54) is 11.1 Å². The van der Waals surface area contributed by atoms with E-state index in [2.05, 4.69) is 37.2 Å². The van der Waals surface area contributed by atoms with Gasteiger partial charge < -0.3 is 10.3 Å². The highest BCUT2D eigenvalue weighted by molar-refractivity contribution is 5.62. The van der Waals surface area contributed by atoms with Crippen molar-refractivity contribution in [1.82, 2.24) is 5.16 Å². The fourth-order valence-electron chi connectivity index (χ4n) is 1.71.